The first-order valence-corrected chi connectivity index (χ1v) is 8.61. The van der Waals surface area contributed by atoms with Crippen LogP contribution < -0.4 is 4.31 Å². The number of carboxylic acids is 1. The molecule has 1 N–H and O–H groups in total. The van der Waals surface area contributed by atoms with Crippen LogP contribution in [-0.4, -0.2) is 26.5 Å². The van der Waals surface area contributed by atoms with Gasteiger partial charge in [0.1, 0.15) is 0 Å². The SMILES string of the molecule is Cc1cccc(N(C)S(=O)(=O)c2ccc(CCC(=O)O)cc2)c1. The molecule has 2 aromatic rings. The van der Waals surface area contributed by atoms with Gasteiger partial charge in [-0.15, -0.1) is 0 Å². The lowest BCUT2D eigenvalue weighted by molar-refractivity contribution is -0.136. The van der Waals surface area contributed by atoms with Crippen molar-refractivity contribution in [3.05, 3.63) is 59.7 Å². The molecule has 0 atom stereocenters. The average molecular weight is 333 g/mol. The van der Waals surface area contributed by atoms with Gasteiger partial charge in [0.2, 0.25) is 0 Å². The van der Waals surface area contributed by atoms with Crippen molar-refractivity contribution in [2.45, 2.75) is 24.7 Å². The molecule has 0 aliphatic rings. The summed E-state index contributed by atoms with van der Waals surface area (Å²) in [6.07, 6.45) is 0.401. The summed E-state index contributed by atoms with van der Waals surface area (Å²) in [7, 11) is -2.12. The Balaban J connectivity index is 2.23. The van der Waals surface area contributed by atoms with E-state index in [9.17, 15) is 13.2 Å². The lowest BCUT2D eigenvalue weighted by Crippen LogP contribution is -2.26. The van der Waals surface area contributed by atoms with E-state index in [0.717, 1.165) is 11.1 Å². The lowest BCUT2D eigenvalue weighted by atomic mass is 10.1. The highest BCUT2D eigenvalue weighted by atomic mass is 32.2. The largest absolute Gasteiger partial charge is 0.481 e. The number of rotatable bonds is 6. The molecular weight excluding hydrogens is 314 g/mol. The summed E-state index contributed by atoms with van der Waals surface area (Å²) < 4.78 is 26.5. The van der Waals surface area contributed by atoms with Gasteiger partial charge in [0.25, 0.3) is 10.0 Å². The molecule has 5 nitrogen and oxygen atoms in total. The van der Waals surface area contributed by atoms with Crippen molar-refractivity contribution < 1.29 is 18.3 Å². The van der Waals surface area contributed by atoms with Gasteiger partial charge in [-0.05, 0) is 48.7 Å². The molecule has 0 radical (unpaired) electrons. The molecule has 0 spiro atoms. The molecule has 0 bridgehead atoms. The number of benzene rings is 2. The summed E-state index contributed by atoms with van der Waals surface area (Å²) in [5, 5.41) is 8.68. The van der Waals surface area contributed by atoms with Gasteiger partial charge in [-0.25, -0.2) is 8.42 Å². The number of aliphatic carboxylic acids is 1. The minimum Gasteiger partial charge on any atom is -0.481 e. The molecule has 0 saturated carbocycles. The monoisotopic (exact) mass is 333 g/mol. The van der Waals surface area contributed by atoms with E-state index < -0.39 is 16.0 Å². The Morgan fingerprint density at radius 3 is 2.35 bits per heavy atom. The first-order valence-electron chi connectivity index (χ1n) is 7.17. The average Bonchev–Trinajstić information content (AvgIpc) is 2.52. The summed E-state index contributed by atoms with van der Waals surface area (Å²) in [5.74, 6) is -0.874. The summed E-state index contributed by atoms with van der Waals surface area (Å²) >= 11 is 0. The molecule has 0 aromatic heterocycles. The fraction of sp³-hybridized carbons (Fsp3) is 0.235. The second kappa shape index (κ2) is 6.83. The Labute approximate surface area is 136 Å². The number of carbonyl (C=O) groups is 1. The predicted octanol–water partition coefficient (Wildman–Crippen LogP) is 2.84. The van der Waals surface area contributed by atoms with Crippen molar-refractivity contribution in [2.24, 2.45) is 0 Å². The molecule has 0 aliphatic carbocycles. The fourth-order valence-corrected chi connectivity index (χ4v) is 3.39. The minimum atomic E-state index is -3.64. The molecule has 0 heterocycles. The number of sulfonamides is 1. The van der Waals surface area contributed by atoms with E-state index in [-0.39, 0.29) is 11.3 Å². The number of aryl methyl sites for hydroxylation is 2. The predicted molar refractivity (Wildman–Crippen MR) is 89.2 cm³/mol. The first-order chi connectivity index (χ1) is 10.8. The van der Waals surface area contributed by atoms with Gasteiger partial charge in [-0.3, -0.25) is 9.10 Å². The van der Waals surface area contributed by atoms with E-state index in [1.807, 2.05) is 19.1 Å². The van der Waals surface area contributed by atoms with Gasteiger partial charge in [-0.2, -0.15) is 0 Å². The Morgan fingerprint density at radius 1 is 1.13 bits per heavy atom. The van der Waals surface area contributed by atoms with Crippen LogP contribution in [0.4, 0.5) is 5.69 Å². The highest BCUT2D eigenvalue weighted by Crippen LogP contribution is 2.23. The molecule has 2 rings (SSSR count). The normalized spacial score (nSPS) is 11.2. The Hall–Kier alpha value is -2.34. The molecule has 0 saturated heterocycles. The summed E-state index contributed by atoms with van der Waals surface area (Å²) in [6, 6.07) is 13.6. The fourth-order valence-electron chi connectivity index (χ4n) is 2.20. The number of hydrogen-bond donors (Lipinski definition) is 1. The maximum absolute atomic E-state index is 12.7. The van der Waals surface area contributed by atoms with Crippen LogP contribution in [0.5, 0.6) is 0 Å². The van der Waals surface area contributed by atoms with Gasteiger partial charge in [-0.1, -0.05) is 24.3 Å². The topological polar surface area (TPSA) is 74.7 Å². The van der Waals surface area contributed by atoms with Crippen LogP contribution >= 0.6 is 0 Å². The molecule has 0 aliphatic heterocycles. The molecule has 122 valence electrons. The quantitative estimate of drug-likeness (QED) is 0.882. The number of hydrogen-bond acceptors (Lipinski definition) is 3. The van der Waals surface area contributed by atoms with Crippen molar-refractivity contribution in [3.8, 4) is 0 Å². The van der Waals surface area contributed by atoms with Gasteiger partial charge in [0.05, 0.1) is 10.6 Å². The van der Waals surface area contributed by atoms with Crippen LogP contribution in [-0.2, 0) is 21.2 Å². The van der Waals surface area contributed by atoms with Crippen LogP contribution in [0.15, 0.2) is 53.4 Å². The third kappa shape index (κ3) is 4.10. The van der Waals surface area contributed by atoms with Crippen molar-refractivity contribution in [1.82, 2.24) is 0 Å². The minimum absolute atomic E-state index is 0.0231. The van der Waals surface area contributed by atoms with Crippen LogP contribution in [0, 0.1) is 6.92 Å². The highest BCUT2D eigenvalue weighted by Gasteiger charge is 2.21. The smallest absolute Gasteiger partial charge is 0.303 e. The molecular formula is C17H19NO4S. The number of anilines is 1. The van der Waals surface area contributed by atoms with Crippen molar-refractivity contribution in [1.29, 1.82) is 0 Å². The maximum atomic E-state index is 12.7. The second-order valence-corrected chi connectivity index (χ2v) is 7.32. The maximum Gasteiger partial charge on any atom is 0.303 e. The third-order valence-electron chi connectivity index (χ3n) is 3.57. The number of nitrogens with zero attached hydrogens (tertiary/aromatic N) is 1. The van der Waals surface area contributed by atoms with Crippen LogP contribution in [0.1, 0.15) is 17.5 Å². The summed E-state index contributed by atoms with van der Waals surface area (Å²) in [5.41, 5.74) is 2.37. The number of carboxylic acid groups (broad SMARTS) is 1. The van der Waals surface area contributed by atoms with Gasteiger partial charge in [0, 0.05) is 13.5 Å². The standard InChI is InChI=1S/C17H19NO4S/c1-13-4-3-5-15(12-13)18(2)23(21,22)16-9-6-14(7-10-16)8-11-17(19)20/h3-7,9-10,12H,8,11H2,1-2H3,(H,19,20). The summed E-state index contributed by atoms with van der Waals surface area (Å²) in [6.45, 7) is 1.90. The van der Waals surface area contributed by atoms with Gasteiger partial charge >= 0.3 is 5.97 Å². The van der Waals surface area contributed by atoms with Crippen molar-refractivity contribution >= 4 is 21.7 Å². The van der Waals surface area contributed by atoms with Crippen LogP contribution in [0.2, 0.25) is 0 Å². The molecule has 23 heavy (non-hydrogen) atoms. The van der Waals surface area contributed by atoms with E-state index in [4.69, 9.17) is 5.11 Å². The Bertz CT molecular complexity index is 798. The van der Waals surface area contributed by atoms with Crippen molar-refractivity contribution in [3.63, 3.8) is 0 Å². The van der Waals surface area contributed by atoms with Crippen LogP contribution in [0.3, 0.4) is 0 Å². The zero-order chi connectivity index (χ0) is 17.0. The lowest BCUT2D eigenvalue weighted by Gasteiger charge is -2.20. The van der Waals surface area contributed by atoms with E-state index in [2.05, 4.69) is 0 Å². The van der Waals surface area contributed by atoms with E-state index >= 15 is 0 Å². The first kappa shape index (κ1) is 17.0. The van der Waals surface area contributed by atoms with E-state index in [1.165, 1.54) is 23.5 Å². The molecule has 0 fully saturated rings. The molecule has 6 heteroatoms. The Kier molecular flexibility index (Phi) is 5.05. The Morgan fingerprint density at radius 2 is 1.78 bits per heavy atom. The van der Waals surface area contributed by atoms with Crippen LogP contribution in [0.25, 0.3) is 0 Å². The van der Waals surface area contributed by atoms with Gasteiger partial charge < -0.3 is 5.11 Å². The van der Waals surface area contributed by atoms with E-state index in [0.29, 0.717) is 12.1 Å². The second-order valence-electron chi connectivity index (χ2n) is 5.35. The zero-order valence-corrected chi connectivity index (χ0v) is 13.9. The molecule has 0 amide bonds. The van der Waals surface area contributed by atoms with Crippen molar-refractivity contribution in [2.75, 3.05) is 11.4 Å². The molecule has 2 aromatic carbocycles. The van der Waals surface area contributed by atoms with E-state index in [1.54, 1.807) is 24.3 Å². The zero-order valence-electron chi connectivity index (χ0n) is 13.1. The highest BCUT2D eigenvalue weighted by molar-refractivity contribution is 7.92. The molecule has 0 unspecified atom stereocenters. The third-order valence-corrected chi connectivity index (χ3v) is 5.37. The summed E-state index contributed by atoms with van der Waals surface area (Å²) in [4.78, 5) is 10.8. The van der Waals surface area contributed by atoms with Gasteiger partial charge in [0.15, 0.2) is 0 Å².